The molecule has 0 unspecified atom stereocenters. The van der Waals surface area contributed by atoms with Crippen molar-refractivity contribution in [3.8, 4) is 0 Å². The molecule has 0 heterocycles. The summed E-state index contributed by atoms with van der Waals surface area (Å²) < 4.78 is 0. The monoisotopic (exact) mass is 182 g/mol. The maximum absolute atomic E-state index is 10.4. The number of carbonyl (C=O) groups is 1. The number of nitrogens with two attached hydrogens (primary N) is 1. The minimum Gasteiger partial charge on any atom is -1.00 e. The van der Waals surface area contributed by atoms with Crippen LogP contribution in [-0.4, -0.2) is 42.1 Å². The quantitative estimate of drug-likeness (QED) is 0.268. The molecule has 0 bridgehead atoms. The second-order valence-electron chi connectivity index (χ2n) is 1.51. The summed E-state index contributed by atoms with van der Waals surface area (Å²) in [7, 11) is 0. The predicted octanol–water partition coefficient (Wildman–Crippen LogP) is -3.64. The molecule has 0 rings (SSSR count). The molecule has 4 nitrogen and oxygen atoms in total. The Morgan fingerprint density at radius 2 is 2.27 bits per heavy atom. The number of hydroxylamine groups is 1. The number of nitrogens with one attached hydrogen (secondary N) is 1. The standard InChI is InChI=1S/C5H12N2O2.Mg.Na.3H/c1-2-5(8)9-7-4-3-6;;;;;/h7H,2-4,6H2,1H3;;;;;/q;+2;+1;3*-1. The zero-order valence-electron chi connectivity index (χ0n) is 10.2. The molecule has 0 aliphatic rings. The smallest absolute Gasteiger partial charge is 1.00 e. The Morgan fingerprint density at radius 3 is 2.64 bits per heavy atom. The molecule has 0 aromatic carbocycles. The Labute approximate surface area is 109 Å². The van der Waals surface area contributed by atoms with Gasteiger partial charge in [0.15, 0.2) is 0 Å². The second-order valence-corrected chi connectivity index (χ2v) is 1.51. The van der Waals surface area contributed by atoms with E-state index >= 15 is 0 Å². The first-order valence-corrected chi connectivity index (χ1v) is 2.93. The van der Waals surface area contributed by atoms with Crippen molar-refractivity contribution in [2.45, 2.75) is 13.3 Å². The van der Waals surface area contributed by atoms with Crippen molar-refractivity contribution < 1.29 is 43.5 Å². The van der Waals surface area contributed by atoms with E-state index in [1.165, 1.54) is 0 Å². The molecule has 0 fully saturated rings. The van der Waals surface area contributed by atoms with Crippen molar-refractivity contribution in [1.29, 1.82) is 0 Å². The van der Waals surface area contributed by atoms with E-state index in [0.717, 1.165) is 0 Å². The molecule has 6 heteroatoms. The molecule has 60 valence electrons. The summed E-state index contributed by atoms with van der Waals surface area (Å²) in [5.41, 5.74) is 7.51. The van der Waals surface area contributed by atoms with Crippen LogP contribution in [0, 0.1) is 0 Å². The van der Waals surface area contributed by atoms with E-state index in [-0.39, 0.29) is 62.9 Å². The Morgan fingerprint density at radius 1 is 1.73 bits per heavy atom. The van der Waals surface area contributed by atoms with Crippen LogP contribution < -0.4 is 40.8 Å². The van der Waals surface area contributed by atoms with Crippen LogP contribution in [0.2, 0.25) is 0 Å². The van der Waals surface area contributed by atoms with Crippen molar-refractivity contribution in [2.75, 3.05) is 13.1 Å². The van der Waals surface area contributed by atoms with E-state index in [2.05, 4.69) is 10.3 Å². The van der Waals surface area contributed by atoms with Gasteiger partial charge in [-0.25, -0.2) is 0 Å². The molecule has 0 spiro atoms. The molecule has 11 heavy (non-hydrogen) atoms. The Hall–Kier alpha value is 1.16. The average molecular weight is 182 g/mol. The van der Waals surface area contributed by atoms with Crippen molar-refractivity contribution in [3.05, 3.63) is 0 Å². The molecule has 0 amide bonds. The fraction of sp³-hybridized carbons (Fsp3) is 0.800. The zero-order valence-corrected chi connectivity index (χ0v) is 10.6. The van der Waals surface area contributed by atoms with Crippen molar-refractivity contribution in [3.63, 3.8) is 0 Å². The summed E-state index contributed by atoms with van der Waals surface area (Å²) in [6, 6.07) is 0. The molecule has 0 aromatic heterocycles. The van der Waals surface area contributed by atoms with Gasteiger partial charge in [0.2, 0.25) is 0 Å². The maximum Gasteiger partial charge on any atom is 2.00 e. The Bertz CT molecular complexity index is 105. The molecule has 0 radical (unpaired) electrons. The Kier molecular flexibility index (Phi) is 22.5. The van der Waals surface area contributed by atoms with E-state index in [9.17, 15) is 4.79 Å². The van der Waals surface area contributed by atoms with Gasteiger partial charge in [-0.3, -0.25) is 4.79 Å². The van der Waals surface area contributed by atoms with Gasteiger partial charge in [-0.15, -0.1) is 0 Å². The van der Waals surface area contributed by atoms with E-state index in [1.54, 1.807) is 6.92 Å². The average Bonchev–Trinajstić information content (AvgIpc) is 1.89. The first kappa shape index (κ1) is 18.0. The van der Waals surface area contributed by atoms with Crippen LogP contribution in [0.5, 0.6) is 0 Å². The van der Waals surface area contributed by atoms with Gasteiger partial charge in [-0.1, -0.05) is 6.92 Å². The van der Waals surface area contributed by atoms with Gasteiger partial charge in [0.25, 0.3) is 0 Å². The van der Waals surface area contributed by atoms with E-state index in [4.69, 9.17) is 5.73 Å². The third-order valence-electron chi connectivity index (χ3n) is 0.721. The topological polar surface area (TPSA) is 64.3 Å². The van der Waals surface area contributed by atoms with Crippen LogP contribution in [-0.2, 0) is 9.63 Å². The molecular formula is C5H15MgN2NaO2. The van der Waals surface area contributed by atoms with Crippen LogP contribution >= 0.6 is 0 Å². The molecule has 0 atom stereocenters. The molecule has 0 aliphatic carbocycles. The first-order chi connectivity index (χ1) is 4.31. The number of carbonyl (C=O) groups excluding carboxylic acids is 1. The molecule has 0 aromatic rings. The zero-order chi connectivity index (χ0) is 7.11. The minimum absolute atomic E-state index is 0. The normalized spacial score (nSPS) is 7.45. The summed E-state index contributed by atoms with van der Waals surface area (Å²) in [5.74, 6) is -0.261. The van der Waals surface area contributed by atoms with Gasteiger partial charge in [-0.05, 0) is 0 Å². The number of rotatable bonds is 4. The van der Waals surface area contributed by atoms with Gasteiger partial charge in [0.05, 0.1) is 0 Å². The summed E-state index contributed by atoms with van der Waals surface area (Å²) >= 11 is 0. The molecule has 3 N–H and O–H groups in total. The third-order valence-corrected chi connectivity index (χ3v) is 0.721. The SMILES string of the molecule is CCC(=O)ONCCN.[H-].[H-].[H-].[Mg+2].[Na+]. The van der Waals surface area contributed by atoms with Gasteiger partial charge in [-0.2, -0.15) is 5.48 Å². The fourth-order valence-electron chi connectivity index (χ4n) is 0.263. The third kappa shape index (κ3) is 14.1. The van der Waals surface area contributed by atoms with E-state index in [1.807, 2.05) is 0 Å². The number of hydrogen-bond donors (Lipinski definition) is 2. The number of hydrogen-bond acceptors (Lipinski definition) is 4. The maximum atomic E-state index is 10.4. The fourth-order valence-corrected chi connectivity index (χ4v) is 0.263. The van der Waals surface area contributed by atoms with Gasteiger partial charge >= 0.3 is 58.6 Å². The second kappa shape index (κ2) is 13.7. The summed E-state index contributed by atoms with van der Waals surface area (Å²) in [5, 5.41) is 0. The van der Waals surface area contributed by atoms with Crippen molar-refractivity contribution in [1.82, 2.24) is 5.48 Å². The van der Waals surface area contributed by atoms with Gasteiger partial charge < -0.3 is 14.9 Å². The minimum atomic E-state index is -0.261. The Balaban J connectivity index is -0.0000000320. The summed E-state index contributed by atoms with van der Waals surface area (Å²) in [6.45, 7) is 2.70. The largest absolute Gasteiger partial charge is 2.00 e. The van der Waals surface area contributed by atoms with Gasteiger partial charge in [0, 0.05) is 19.5 Å². The first-order valence-electron chi connectivity index (χ1n) is 2.93. The van der Waals surface area contributed by atoms with E-state index < -0.39 is 0 Å². The molecule has 0 aliphatic heterocycles. The van der Waals surface area contributed by atoms with Crippen LogP contribution in [0.25, 0.3) is 0 Å². The van der Waals surface area contributed by atoms with Crippen molar-refractivity contribution in [2.24, 2.45) is 5.73 Å². The van der Waals surface area contributed by atoms with Crippen LogP contribution in [0.4, 0.5) is 0 Å². The molecule has 0 saturated heterocycles. The van der Waals surface area contributed by atoms with E-state index in [0.29, 0.717) is 19.5 Å². The van der Waals surface area contributed by atoms with Crippen LogP contribution in [0.3, 0.4) is 0 Å². The van der Waals surface area contributed by atoms with Crippen molar-refractivity contribution >= 4 is 29.0 Å². The van der Waals surface area contributed by atoms with Gasteiger partial charge in [0.1, 0.15) is 0 Å². The predicted molar refractivity (Wildman–Crippen MR) is 42.5 cm³/mol. The summed E-state index contributed by atoms with van der Waals surface area (Å²) in [4.78, 5) is 14.8. The summed E-state index contributed by atoms with van der Waals surface area (Å²) in [6.07, 6.45) is 0.386. The van der Waals surface area contributed by atoms with Crippen LogP contribution in [0.15, 0.2) is 0 Å². The molecular weight excluding hydrogens is 167 g/mol. The molecule has 0 saturated carbocycles. The van der Waals surface area contributed by atoms with Crippen LogP contribution in [0.1, 0.15) is 17.6 Å².